The number of aliphatic imine (C=N–C) groups is 1. The molecule has 0 amide bonds. The van der Waals surface area contributed by atoms with Gasteiger partial charge in [-0.15, -0.1) is 13.2 Å². The minimum absolute atomic E-state index is 0.382. The molecule has 0 aliphatic rings. The monoisotopic (exact) mass is 424 g/mol. The molecule has 4 nitrogen and oxygen atoms in total. The van der Waals surface area contributed by atoms with E-state index in [2.05, 4.69) is 18.1 Å². The van der Waals surface area contributed by atoms with E-state index in [-0.39, 0.29) is 0 Å². The highest BCUT2D eigenvalue weighted by molar-refractivity contribution is 6.13. The molecule has 0 radical (unpaired) electrons. The normalized spacial score (nSPS) is 11.4. The molecule has 1 atom stereocenters. The summed E-state index contributed by atoms with van der Waals surface area (Å²) in [6.07, 6.45) is 3.62. The lowest BCUT2D eigenvalue weighted by molar-refractivity contribution is -0.136. The maximum Gasteiger partial charge on any atom is 0.337 e. The van der Waals surface area contributed by atoms with Crippen molar-refractivity contribution in [2.24, 2.45) is 4.99 Å². The summed E-state index contributed by atoms with van der Waals surface area (Å²) in [4.78, 5) is 20.3. The van der Waals surface area contributed by atoms with Crippen LogP contribution < -0.4 is 4.74 Å². The van der Waals surface area contributed by atoms with Crippen molar-refractivity contribution in [2.75, 3.05) is 19.6 Å². The van der Waals surface area contributed by atoms with Crippen molar-refractivity contribution in [1.82, 2.24) is 4.90 Å². The van der Waals surface area contributed by atoms with E-state index < -0.39 is 12.0 Å². The molecule has 0 bridgehead atoms. The number of esters is 1. The molecule has 0 saturated carbocycles. The van der Waals surface area contributed by atoms with Crippen molar-refractivity contribution in [3.05, 3.63) is 127 Å². The van der Waals surface area contributed by atoms with Gasteiger partial charge in [-0.2, -0.15) is 0 Å². The molecule has 3 rings (SSSR count). The molecule has 0 saturated heterocycles. The van der Waals surface area contributed by atoms with Gasteiger partial charge in [0.25, 0.3) is 0 Å². The second-order valence-corrected chi connectivity index (χ2v) is 7.26. The highest BCUT2D eigenvalue weighted by atomic mass is 16.5. The van der Waals surface area contributed by atoms with Gasteiger partial charge in [-0.05, 0) is 12.1 Å². The van der Waals surface area contributed by atoms with Crippen molar-refractivity contribution in [3.63, 3.8) is 0 Å². The van der Waals surface area contributed by atoms with E-state index in [1.807, 2.05) is 91.0 Å². The number of nitrogens with zero attached hydrogens (tertiary/aromatic N) is 2. The third-order valence-electron chi connectivity index (χ3n) is 4.82. The molecule has 32 heavy (non-hydrogen) atoms. The number of carbonyl (C=O) groups is 1. The third kappa shape index (κ3) is 6.62. The standard InChI is InChI=1S/C28H28N2O2/c1-3-20-30(21-4-2)22-26(28(31)32-25-18-12-7-13-19-25)29-27(23-14-8-5-9-15-23)24-16-10-6-11-17-24/h3-19,26H,1-2,20-22H2. The third-order valence-corrected chi connectivity index (χ3v) is 4.82. The number of carbonyl (C=O) groups excluding carboxylic acids is 1. The molecule has 1 unspecified atom stereocenters. The van der Waals surface area contributed by atoms with Crippen LogP contribution in [-0.4, -0.2) is 42.3 Å². The fourth-order valence-corrected chi connectivity index (χ4v) is 3.34. The lowest BCUT2D eigenvalue weighted by atomic mass is 10.0. The molecule has 0 aromatic heterocycles. The van der Waals surface area contributed by atoms with Crippen LogP contribution in [0.5, 0.6) is 5.75 Å². The van der Waals surface area contributed by atoms with Crippen LogP contribution in [-0.2, 0) is 4.79 Å². The lowest BCUT2D eigenvalue weighted by Gasteiger charge is -2.23. The van der Waals surface area contributed by atoms with Crippen molar-refractivity contribution in [1.29, 1.82) is 0 Å². The van der Waals surface area contributed by atoms with Crippen LogP contribution in [0.1, 0.15) is 11.1 Å². The Morgan fingerprint density at radius 3 is 1.75 bits per heavy atom. The summed E-state index contributed by atoms with van der Waals surface area (Å²) < 4.78 is 5.68. The highest BCUT2D eigenvalue weighted by Gasteiger charge is 2.24. The van der Waals surface area contributed by atoms with Crippen LogP contribution in [0.4, 0.5) is 0 Å². The topological polar surface area (TPSA) is 41.9 Å². The average Bonchev–Trinajstić information content (AvgIpc) is 2.83. The first kappa shape index (κ1) is 22.9. The van der Waals surface area contributed by atoms with Gasteiger partial charge in [0.1, 0.15) is 5.75 Å². The first-order chi connectivity index (χ1) is 15.7. The second-order valence-electron chi connectivity index (χ2n) is 7.26. The first-order valence-electron chi connectivity index (χ1n) is 10.6. The number of para-hydroxylation sites is 1. The molecule has 162 valence electrons. The molecular weight excluding hydrogens is 396 g/mol. The Morgan fingerprint density at radius 2 is 1.28 bits per heavy atom. The Labute approximate surface area is 190 Å². The molecule has 0 N–H and O–H groups in total. The number of rotatable bonds is 11. The number of hydrogen-bond acceptors (Lipinski definition) is 4. The molecule has 0 heterocycles. The molecule has 0 fully saturated rings. The smallest absolute Gasteiger partial charge is 0.337 e. The predicted octanol–water partition coefficient (Wildman–Crippen LogP) is 5.17. The van der Waals surface area contributed by atoms with E-state index in [0.717, 1.165) is 16.8 Å². The molecule has 4 heteroatoms. The van der Waals surface area contributed by atoms with Gasteiger partial charge in [0.2, 0.25) is 0 Å². The summed E-state index contributed by atoms with van der Waals surface area (Å²) in [5, 5.41) is 0. The largest absolute Gasteiger partial charge is 0.425 e. The zero-order valence-electron chi connectivity index (χ0n) is 18.1. The Bertz CT molecular complexity index is 979. The van der Waals surface area contributed by atoms with Gasteiger partial charge in [0.05, 0.1) is 5.71 Å². The molecule has 0 spiro atoms. The SMILES string of the molecule is C=CCN(CC=C)CC(N=C(c1ccccc1)c1ccccc1)C(=O)Oc1ccccc1. The maximum atomic E-state index is 13.2. The quantitative estimate of drug-likeness (QED) is 0.185. The van der Waals surface area contributed by atoms with E-state index in [9.17, 15) is 4.79 Å². The molecule has 3 aromatic carbocycles. The fourth-order valence-electron chi connectivity index (χ4n) is 3.34. The van der Waals surface area contributed by atoms with E-state index >= 15 is 0 Å². The summed E-state index contributed by atoms with van der Waals surface area (Å²) in [6.45, 7) is 9.27. The average molecular weight is 425 g/mol. The molecular formula is C28H28N2O2. The van der Waals surface area contributed by atoms with E-state index in [4.69, 9.17) is 9.73 Å². The lowest BCUT2D eigenvalue weighted by Crippen LogP contribution is -2.39. The summed E-state index contributed by atoms with van der Waals surface area (Å²) in [5.41, 5.74) is 2.63. The minimum atomic E-state index is -0.731. The highest BCUT2D eigenvalue weighted by Crippen LogP contribution is 2.16. The predicted molar refractivity (Wildman–Crippen MR) is 131 cm³/mol. The first-order valence-corrected chi connectivity index (χ1v) is 10.6. The van der Waals surface area contributed by atoms with Crippen molar-refractivity contribution >= 4 is 11.7 Å². The number of benzene rings is 3. The summed E-state index contributed by atoms with van der Waals surface area (Å²) >= 11 is 0. The van der Waals surface area contributed by atoms with Crippen LogP contribution in [0.3, 0.4) is 0 Å². The van der Waals surface area contributed by atoms with Gasteiger partial charge in [-0.3, -0.25) is 9.89 Å². The number of ether oxygens (including phenoxy) is 1. The van der Waals surface area contributed by atoms with Crippen molar-refractivity contribution in [2.45, 2.75) is 6.04 Å². The van der Waals surface area contributed by atoms with Gasteiger partial charge in [0, 0.05) is 30.8 Å². The van der Waals surface area contributed by atoms with Crippen LogP contribution >= 0.6 is 0 Å². The summed E-state index contributed by atoms with van der Waals surface area (Å²) in [6, 6.07) is 28.1. The molecule has 0 aliphatic carbocycles. The molecule has 0 aliphatic heterocycles. The van der Waals surface area contributed by atoms with Gasteiger partial charge in [-0.1, -0.05) is 91.0 Å². The zero-order valence-corrected chi connectivity index (χ0v) is 18.1. The summed E-state index contributed by atoms with van der Waals surface area (Å²) in [5.74, 6) is 0.0938. The second kappa shape index (κ2) is 12.2. The van der Waals surface area contributed by atoms with Crippen LogP contribution in [0.2, 0.25) is 0 Å². The Hall–Kier alpha value is -3.76. The molecule has 3 aromatic rings. The Kier molecular flexibility index (Phi) is 8.72. The van der Waals surface area contributed by atoms with Crippen LogP contribution in [0.15, 0.2) is 121 Å². The van der Waals surface area contributed by atoms with Gasteiger partial charge in [0.15, 0.2) is 6.04 Å². The van der Waals surface area contributed by atoms with E-state index in [0.29, 0.717) is 25.4 Å². The zero-order chi connectivity index (χ0) is 22.6. The van der Waals surface area contributed by atoms with Gasteiger partial charge in [-0.25, -0.2) is 4.79 Å². The Morgan fingerprint density at radius 1 is 0.812 bits per heavy atom. The van der Waals surface area contributed by atoms with Gasteiger partial charge < -0.3 is 4.74 Å². The van der Waals surface area contributed by atoms with E-state index in [1.165, 1.54) is 0 Å². The van der Waals surface area contributed by atoms with Crippen LogP contribution in [0, 0.1) is 0 Å². The summed E-state index contributed by atoms with van der Waals surface area (Å²) in [7, 11) is 0. The minimum Gasteiger partial charge on any atom is -0.425 e. The van der Waals surface area contributed by atoms with Gasteiger partial charge >= 0.3 is 5.97 Å². The Balaban J connectivity index is 2.01. The maximum absolute atomic E-state index is 13.2. The van der Waals surface area contributed by atoms with E-state index in [1.54, 1.807) is 12.1 Å². The van der Waals surface area contributed by atoms with Crippen molar-refractivity contribution in [3.8, 4) is 5.75 Å². The van der Waals surface area contributed by atoms with Crippen LogP contribution in [0.25, 0.3) is 0 Å². The van der Waals surface area contributed by atoms with Crippen molar-refractivity contribution < 1.29 is 9.53 Å². The fraction of sp³-hybridized carbons (Fsp3) is 0.143. The number of hydrogen-bond donors (Lipinski definition) is 0.